The second kappa shape index (κ2) is 5.89. The Morgan fingerprint density at radius 3 is 2.70 bits per heavy atom. The molecule has 0 bridgehead atoms. The standard InChI is InChI=1S/C15H19FN2O2/c16-13-3-1-12(2-4-13)9-18-7-6-17(10-15(18)19)14-5-8-20-11-14/h1-4,14H,5-11H2. The van der Waals surface area contributed by atoms with E-state index in [2.05, 4.69) is 4.90 Å². The van der Waals surface area contributed by atoms with Crippen molar-refractivity contribution in [1.29, 1.82) is 0 Å². The number of rotatable bonds is 3. The molecule has 0 spiro atoms. The third-order valence-corrected chi connectivity index (χ3v) is 4.06. The molecular formula is C15H19FN2O2. The van der Waals surface area contributed by atoms with Crippen molar-refractivity contribution >= 4 is 5.91 Å². The fraction of sp³-hybridized carbons (Fsp3) is 0.533. The number of nitrogens with zero attached hydrogens (tertiary/aromatic N) is 2. The van der Waals surface area contributed by atoms with Crippen molar-refractivity contribution in [2.24, 2.45) is 0 Å². The predicted molar refractivity (Wildman–Crippen MR) is 72.6 cm³/mol. The van der Waals surface area contributed by atoms with Crippen molar-refractivity contribution in [3.05, 3.63) is 35.6 Å². The van der Waals surface area contributed by atoms with Crippen LogP contribution in [-0.4, -0.2) is 54.6 Å². The third-order valence-electron chi connectivity index (χ3n) is 4.06. The Bertz CT molecular complexity index is 471. The Hall–Kier alpha value is -1.46. The Morgan fingerprint density at radius 2 is 2.05 bits per heavy atom. The number of benzene rings is 1. The van der Waals surface area contributed by atoms with Crippen LogP contribution in [0.2, 0.25) is 0 Å². The number of carbonyl (C=O) groups excluding carboxylic acids is 1. The van der Waals surface area contributed by atoms with Crippen LogP contribution >= 0.6 is 0 Å². The van der Waals surface area contributed by atoms with Gasteiger partial charge in [0.05, 0.1) is 13.2 Å². The quantitative estimate of drug-likeness (QED) is 0.834. The van der Waals surface area contributed by atoms with E-state index in [1.165, 1.54) is 12.1 Å². The van der Waals surface area contributed by atoms with Gasteiger partial charge in [0, 0.05) is 32.3 Å². The molecule has 1 aromatic carbocycles. The topological polar surface area (TPSA) is 32.8 Å². The zero-order chi connectivity index (χ0) is 13.9. The van der Waals surface area contributed by atoms with Crippen LogP contribution in [0.15, 0.2) is 24.3 Å². The van der Waals surface area contributed by atoms with E-state index >= 15 is 0 Å². The van der Waals surface area contributed by atoms with Gasteiger partial charge in [-0.2, -0.15) is 0 Å². The fourth-order valence-electron chi connectivity index (χ4n) is 2.83. The maximum atomic E-state index is 12.9. The Balaban J connectivity index is 1.57. The first-order valence-corrected chi connectivity index (χ1v) is 7.06. The Kier molecular flexibility index (Phi) is 3.98. The van der Waals surface area contributed by atoms with Crippen LogP contribution in [0.25, 0.3) is 0 Å². The molecule has 1 unspecified atom stereocenters. The lowest BCUT2D eigenvalue weighted by Gasteiger charge is -2.37. The van der Waals surface area contributed by atoms with E-state index < -0.39 is 0 Å². The lowest BCUT2D eigenvalue weighted by molar-refractivity contribution is -0.137. The second-order valence-corrected chi connectivity index (χ2v) is 5.43. The monoisotopic (exact) mass is 278 g/mol. The minimum Gasteiger partial charge on any atom is -0.380 e. The molecule has 0 saturated carbocycles. The predicted octanol–water partition coefficient (Wildman–Crippen LogP) is 1.26. The first-order chi connectivity index (χ1) is 9.72. The van der Waals surface area contributed by atoms with Crippen LogP contribution in [-0.2, 0) is 16.1 Å². The smallest absolute Gasteiger partial charge is 0.237 e. The summed E-state index contributed by atoms with van der Waals surface area (Å²) in [6, 6.07) is 6.74. The van der Waals surface area contributed by atoms with Gasteiger partial charge in [-0.1, -0.05) is 12.1 Å². The molecule has 2 aliphatic heterocycles. The van der Waals surface area contributed by atoms with E-state index in [-0.39, 0.29) is 11.7 Å². The van der Waals surface area contributed by atoms with Crippen LogP contribution in [0.1, 0.15) is 12.0 Å². The minimum absolute atomic E-state index is 0.146. The van der Waals surface area contributed by atoms with Gasteiger partial charge in [-0.05, 0) is 24.1 Å². The summed E-state index contributed by atoms with van der Waals surface area (Å²) in [5.41, 5.74) is 0.970. The summed E-state index contributed by atoms with van der Waals surface area (Å²) >= 11 is 0. The summed E-state index contributed by atoms with van der Waals surface area (Å²) in [5.74, 6) is -0.0985. The highest BCUT2D eigenvalue weighted by Crippen LogP contribution is 2.17. The molecule has 0 aliphatic carbocycles. The summed E-state index contributed by atoms with van der Waals surface area (Å²) in [6.07, 6.45) is 1.02. The van der Waals surface area contributed by atoms with Crippen molar-refractivity contribution in [3.63, 3.8) is 0 Å². The molecular weight excluding hydrogens is 259 g/mol. The highest BCUT2D eigenvalue weighted by atomic mass is 19.1. The molecule has 2 aliphatic rings. The van der Waals surface area contributed by atoms with Crippen molar-refractivity contribution in [1.82, 2.24) is 9.80 Å². The molecule has 0 N–H and O–H groups in total. The summed E-state index contributed by atoms with van der Waals surface area (Å²) in [7, 11) is 0. The van der Waals surface area contributed by atoms with Crippen LogP contribution in [0.5, 0.6) is 0 Å². The van der Waals surface area contributed by atoms with E-state index in [1.807, 2.05) is 4.90 Å². The fourth-order valence-corrected chi connectivity index (χ4v) is 2.83. The number of amides is 1. The SMILES string of the molecule is O=C1CN(C2CCOC2)CCN1Cc1ccc(F)cc1. The lowest BCUT2D eigenvalue weighted by atomic mass is 10.1. The number of hydrogen-bond donors (Lipinski definition) is 0. The number of halogens is 1. The second-order valence-electron chi connectivity index (χ2n) is 5.43. The Morgan fingerprint density at radius 1 is 1.25 bits per heavy atom. The molecule has 2 saturated heterocycles. The van der Waals surface area contributed by atoms with Gasteiger partial charge in [0.25, 0.3) is 0 Å². The maximum absolute atomic E-state index is 12.9. The van der Waals surface area contributed by atoms with Crippen LogP contribution in [0.4, 0.5) is 4.39 Å². The normalized spacial score (nSPS) is 24.4. The van der Waals surface area contributed by atoms with Crippen LogP contribution in [0.3, 0.4) is 0 Å². The third kappa shape index (κ3) is 2.99. The summed E-state index contributed by atoms with van der Waals surface area (Å²) < 4.78 is 18.2. The molecule has 108 valence electrons. The van der Waals surface area contributed by atoms with Gasteiger partial charge in [0.2, 0.25) is 5.91 Å². The van der Waals surface area contributed by atoms with Crippen LogP contribution < -0.4 is 0 Å². The van der Waals surface area contributed by atoms with Crippen molar-refractivity contribution in [2.75, 3.05) is 32.8 Å². The van der Waals surface area contributed by atoms with E-state index in [1.54, 1.807) is 12.1 Å². The molecule has 2 fully saturated rings. The maximum Gasteiger partial charge on any atom is 0.237 e. The molecule has 5 heteroatoms. The van der Waals surface area contributed by atoms with Gasteiger partial charge in [-0.25, -0.2) is 4.39 Å². The van der Waals surface area contributed by atoms with E-state index in [0.717, 1.165) is 38.3 Å². The number of hydrogen-bond acceptors (Lipinski definition) is 3. The number of carbonyl (C=O) groups is 1. The van der Waals surface area contributed by atoms with E-state index in [4.69, 9.17) is 4.74 Å². The highest BCUT2D eigenvalue weighted by molar-refractivity contribution is 5.79. The molecule has 0 radical (unpaired) electrons. The van der Waals surface area contributed by atoms with E-state index in [0.29, 0.717) is 19.1 Å². The van der Waals surface area contributed by atoms with Gasteiger partial charge in [-0.15, -0.1) is 0 Å². The molecule has 3 rings (SSSR count). The molecule has 1 amide bonds. The minimum atomic E-state index is -0.244. The van der Waals surface area contributed by atoms with E-state index in [9.17, 15) is 9.18 Å². The zero-order valence-corrected chi connectivity index (χ0v) is 11.4. The molecule has 20 heavy (non-hydrogen) atoms. The number of piperazine rings is 1. The van der Waals surface area contributed by atoms with Gasteiger partial charge in [-0.3, -0.25) is 9.69 Å². The molecule has 0 aromatic heterocycles. The van der Waals surface area contributed by atoms with Gasteiger partial charge >= 0.3 is 0 Å². The highest BCUT2D eigenvalue weighted by Gasteiger charge is 2.30. The average molecular weight is 278 g/mol. The van der Waals surface area contributed by atoms with Gasteiger partial charge < -0.3 is 9.64 Å². The zero-order valence-electron chi connectivity index (χ0n) is 11.4. The summed E-state index contributed by atoms with van der Waals surface area (Å²) in [6.45, 7) is 4.19. The summed E-state index contributed by atoms with van der Waals surface area (Å²) in [4.78, 5) is 16.3. The first kappa shape index (κ1) is 13.5. The van der Waals surface area contributed by atoms with Gasteiger partial charge in [0.15, 0.2) is 0 Å². The van der Waals surface area contributed by atoms with Crippen molar-refractivity contribution in [3.8, 4) is 0 Å². The molecule has 2 heterocycles. The lowest BCUT2D eigenvalue weighted by Crippen LogP contribution is -2.53. The van der Waals surface area contributed by atoms with Crippen molar-refractivity contribution in [2.45, 2.75) is 19.0 Å². The number of ether oxygens (including phenoxy) is 1. The first-order valence-electron chi connectivity index (χ1n) is 7.06. The van der Waals surface area contributed by atoms with Crippen LogP contribution in [0, 0.1) is 5.82 Å². The largest absolute Gasteiger partial charge is 0.380 e. The van der Waals surface area contributed by atoms with Gasteiger partial charge in [0.1, 0.15) is 5.82 Å². The molecule has 4 nitrogen and oxygen atoms in total. The summed E-state index contributed by atoms with van der Waals surface area (Å²) in [5, 5.41) is 0. The molecule has 1 atom stereocenters. The Labute approximate surface area is 118 Å². The molecule has 1 aromatic rings. The average Bonchev–Trinajstić information content (AvgIpc) is 2.97. The van der Waals surface area contributed by atoms with Crippen molar-refractivity contribution < 1.29 is 13.9 Å².